The molecule has 8 heavy (non-hydrogen) atoms. The van der Waals surface area contributed by atoms with Crippen LogP contribution in [0.25, 0.3) is 0 Å². The third kappa shape index (κ3) is 0.904. The molecule has 39 valence electrons. The molecule has 1 rings (SSSR count). The normalized spacial score (nSPS) is 8.50. The van der Waals surface area contributed by atoms with E-state index in [0.29, 0.717) is 5.82 Å². The maximum absolute atomic E-state index is 3.81. The van der Waals surface area contributed by atoms with Crippen molar-refractivity contribution in [2.75, 3.05) is 0 Å². The topological polar surface area (TPSA) is 25.8 Å². The van der Waals surface area contributed by atoms with Crippen LogP contribution in [0.15, 0.2) is 25.0 Å². The monoisotopic (exact) mass is 105 g/mol. The highest BCUT2D eigenvalue weighted by atomic mass is 14.8. The molecule has 0 aliphatic rings. The van der Waals surface area contributed by atoms with E-state index in [2.05, 4.69) is 22.6 Å². The molecule has 0 saturated heterocycles. The highest BCUT2D eigenvalue weighted by molar-refractivity contribution is 4.96. The third-order valence-corrected chi connectivity index (χ3v) is 0.724. The Hall–Kier alpha value is -1.18. The molecule has 0 aliphatic heterocycles. The first kappa shape index (κ1) is 4.97. The van der Waals surface area contributed by atoms with E-state index in [1.165, 1.54) is 0 Å². The van der Waals surface area contributed by atoms with E-state index in [4.69, 9.17) is 0 Å². The zero-order chi connectivity index (χ0) is 5.82. The van der Waals surface area contributed by atoms with Crippen LogP contribution in [0.4, 0.5) is 0 Å². The summed E-state index contributed by atoms with van der Waals surface area (Å²) in [5, 5.41) is 0. The van der Waals surface area contributed by atoms with E-state index < -0.39 is 0 Å². The number of nitrogens with zero attached hydrogens (tertiary/aromatic N) is 2. The summed E-state index contributed by atoms with van der Waals surface area (Å²) in [6, 6.07) is 1.75. The molecule has 1 aromatic rings. The lowest BCUT2D eigenvalue weighted by molar-refractivity contribution is 1.10. The molecule has 1 aromatic heterocycles. The molecule has 0 spiro atoms. The van der Waals surface area contributed by atoms with Crippen molar-refractivity contribution in [2.24, 2.45) is 0 Å². The lowest BCUT2D eigenvalue weighted by Crippen LogP contribution is -1.82. The van der Waals surface area contributed by atoms with Crippen LogP contribution in [0.1, 0.15) is 5.82 Å². The molecule has 0 N–H and O–H groups in total. The Morgan fingerprint density at radius 2 is 2.00 bits per heavy atom. The molecule has 2 heteroatoms. The second-order valence-corrected chi connectivity index (χ2v) is 1.25. The molecule has 0 saturated carbocycles. The van der Waals surface area contributed by atoms with E-state index in [1.54, 1.807) is 18.5 Å². The van der Waals surface area contributed by atoms with Gasteiger partial charge < -0.3 is 0 Å². The van der Waals surface area contributed by atoms with Crippen LogP contribution in [0, 0.1) is 6.08 Å². The van der Waals surface area contributed by atoms with E-state index in [9.17, 15) is 0 Å². The van der Waals surface area contributed by atoms with Crippen LogP contribution < -0.4 is 0 Å². The molecule has 0 bridgehead atoms. The molecule has 0 atom stereocenters. The fourth-order valence-electron chi connectivity index (χ4n) is 0.390. The third-order valence-electron chi connectivity index (χ3n) is 0.724. The van der Waals surface area contributed by atoms with Crippen molar-refractivity contribution in [2.45, 2.75) is 0 Å². The largest absolute Gasteiger partial charge is 0.237 e. The highest BCUT2D eigenvalue weighted by Gasteiger charge is 1.80. The minimum absolute atomic E-state index is 0.549. The number of aromatic nitrogens is 2. The molecule has 0 aromatic carbocycles. The lowest BCUT2D eigenvalue weighted by atomic mass is 10.5. The quantitative estimate of drug-likeness (QED) is 0.528. The lowest BCUT2D eigenvalue weighted by Gasteiger charge is -1.82. The molecular weight excluding hydrogens is 100 g/mol. The first-order chi connectivity index (χ1) is 3.93. The van der Waals surface area contributed by atoms with E-state index in [-0.39, 0.29) is 0 Å². The van der Waals surface area contributed by atoms with Crippen LogP contribution in [0.5, 0.6) is 0 Å². The number of rotatable bonds is 1. The summed E-state index contributed by atoms with van der Waals surface area (Å²) in [5.41, 5.74) is 0. The Labute approximate surface area is 47.9 Å². The fourth-order valence-corrected chi connectivity index (χ4v) is 0.390. The molecule has 0 fully saturated rings. The molecule has 0 amide bonds. The standard InChI is InChI=1S/C6H5N2/c1-2-6-7-4-3-5-8-6/h3-5H,1H2. The van der Waals surface area contributed by atoms with Gasteiger partial charge in [0.1, 0.15) is 0 Å². The highest BCUT2D eigenvalue weighted by Crippen LogP contribution is 1.82. The van der Waals surface area contributed by atoms with E-state index in [1.807, 2.05) is 0 Å². The van der Waals surface area contributed by atoms with Crippen LogP contribution >= 0.6 is 0 Å². The average molecular weight is 105 g/mol. The van der Waals surface area contributed by atoms with Gasteiger partial charge in [0.25, 0.3) is 0 Å². The second-order valence-electron chi connectivity index (χ2n) is 1.25. The second kappa shape index (κ2) is 2.21. The van der Waals surface area contributed by atoms with Crippen molar-refractivity contribution in [1.82, 2.24) is 9.97 Å². The molecule has 1 radical (unpaired) electrons. The van der Waals surface area contributed by atoms with Gasteiger partial charge in [0.05, 0.1) is 0 Å². The first-order valence-corrected chi connectivity index (χ1v) is 2.23. The maximum Gasteiger partial charge on any atom is 0.159 e. The average Bonchev–Trinajstić information content (AvgIpc) is 1.90. The molecule has 2 nitrogen and oxygen atoms in total. The van der Waals surface area contributed by atoms with Crippen LogP contribution in [0.2, 0.25) is 0 Å². The summed E-state index contributed by atoms with van der Waals surface area (Å²) in [4.78, 5) is 7.62. The Morgan fingerprint density at radius 3 is 2.38 bits per heavy atom. The van der Waals surface area contributed by atoms with E-state index in [0.717, 1.165) is 0 Å². The van der Waals surface area contributed by atoms with Gasteiger partial charge in [0.15, 0.2) is 5.82 Å². The molecular formula is C6H5N2. The Bertz CT molecular complexity index is 169. The Balaban J connectivity index is 2.99. The van der Waals surface area contributed by atoms with Crippen molar-refractivity contribution in [3.8, 4) is 0 Å². The van der Waals surface area contributed by atoms with Gasteiger partial charge in [-0.2, -0.15) is 0 Å². The van der Waals surface area contributed by atoms with Gasteiger partial charge in [0, 0.05) is 18.5 Å². The van der Waals surface area contributed by atoms with Crippen molar-refractivity contribution >= 4 is 0 Å². The summed E-state index contributed by atoms with van der Waals surface area (Å²) in [5.74, 6) is 0.549. The minimum Gasteiger partial charge on any atom is -0.237 e. The van der Waals surface area contributed by atoms with E-state index >= 15 is 0 Å². The van der Waals surface area contributed by atoms with Crippen molar-refractivity contribution in [3.63, 3.8) is 0 Å². The van der Waals surface area contributed by atoms with Gasteiger partial charge in [-0.1, -0.05) is 6.58 Å². The van der Waals surface area contributed by atoms with Gasteiger partial charge in [0.2, 0.25) is 0 Å². The van der Waals surface area contributed by atoms with Crippen LogP contribution in [-0.4, -0.2) is 9.97 Å². The van der Waals surface area contributed by atoms with Crippen LogP contribution in [-0.2, 0) is 0 Å². The van der Waals surface area contributed by atoms with Gasteiger partial charge in [-0.3, -0.25) is 0 Å². The van der Waals surface area contributed by atoms with Crippen LogP contribution in [0.3, 0.4) is 0 Å². The summed E-state index contributed by atoms with van der Waals surface area (Å²) in [6.07, 6.45) is 5.86. The minimum atomic E-state index is 0.549. The summed E-state index contributed by atoms with van der Waals surface area (Å²) < 4.78 is 0. The van der Waals surface area contributed by atoms with Crippen molar-refractivity contribution < 1.29 is 0 Å². The molecule has 0 unspecified atom stereocenters. The predicted molar refractivity (Wildman–Crippen MR) is 30.0 cm³/mol. The summed E-state index contributed by atoms with van der Waals surface area (Å²) in [6.45, 7) is 3.38. The maximum atomic E-state index is 3.81. The summed E-state index contributed by atoms with van der Waals surface area (Å²) in [7, 11) is 0. The van der Waals surface area contributed by atoms with Crippen molar-refractivity contribution in [1.29, 1.82) is 0 Å². The van der Waals surface area contributed by atoms with Gasteiger partial charge >= 0.3 is 0 Å². The Morgan fingerprint density at radius 1 is 1.38 bits per heavy atom. The smallest absolute Gasteiger partial charge is 0.159 e. The number of hydrogen-bond donors (Lipinski definition) is 0. The predicted octanol–water partition coefficient (Wildman–Crippen LogP) is 0.814. The SMILES string of the molecule is C=[C]c1ncccn1. The number of hydrogen-bond acceptors (Lipinski definition) is 2. The van der Waals surface area contributed by atoms with Gasteiger partial charge in [-0.25, -0.2) is 9.97 Å². The van der Waals surface area contributed by atoms with Gasteiger partial charge in [-0.05, 0) is 6.07 Å². The zero-order valence-corrected chi connectivity index (χ0v) is 4.33. The summed E-state index contributed by atoms with van der Waals surface area (Å²) >= 11 is 0. The first-order valence-electron chi connectivity index (χ1n) is 2.23. The molecule has 1 heterocycles. The fraction of sp³-hybridized carbons (Fsp3) is 0. The Kier molecular flexibility index (Phi) is 1.37. The van der Waals surface area contributed by atoms with Crippen molar-refractivity contribution in [3.05, 3.63) is 36.9 Å². The zero-order valence-electron chi connectivity index (χ0n) is 4.33. The molecule has 0 aliphatic carbocycles. The van der Waals surface area contributed by atoms with Gasteiger partial charge in [-0.15, -0.1) is 0 Å².